The fourth-order valence-corrected chi connectivity index (χ4v) is 2.54. The Morgan fingerprint density at radius 3 is 2.60 bits per heavy atom. The number of halogens is 1. The Morgan fingerprint density at radius 2 is 2.00 bits per heavy atom. The molecule has 3 heteroatoms. The number of nitrogens with two attached hydrogens (primary N) is 1. The summed E-state index contributed by atoms with van der Waals surface area (Å²) in [5.74, 6) is 1.15. The van der Waals surface area contributed by atoms with Crippen LogP contribution in [-0.2, 0) is 0 Å². The highest BCUT2D eigenvalue weighted by atomic mass is 35.5. The molecule has 82 valence electrons. The van der Waals surface area contributed by atoms with Gasteiger partial charge in [-0.1, -0.05) is 23.7 Å². The van der Waals surface area contributed by atoms with Gasteiger partial charge in [0.25, 0.3) is 0 Å². The van der Waals surface area contributed by atoms with Gasteiger partial charge in [-0.05, 0) is 37.2 Å². The van der Waals surface area contributed by atoms with Gasteiger partial charge in [0.15, 0.2) is 0 Å². The van der Waals surface area contributed by atoms with Crippen molar-refractivity contribution in [2.75, 3.05) is 26.7 Å². The molecule has 2 nitrogen and oxygen atoms in total. The van der Waals surface area contributed by atoms with E-state index in [2.05, 4.69) is 24.1 Å². The van der Waals surface area contributed by atoms with Crippen LogP contribution in [0.15, 0.2) is 24.3 Å². The molecule has 1 aliphatic heterocycles. The second-order valence-electron chi connectivity index (χ2n) is 4.38. The lowest BCUT2D eigenvalue weighted by Crippen LogP contribution is -2.21. The van der Waals surface area contributed by atoms with Crippen LogP contribution in [-0.4, -0.2) is 31.6 Å². The van der Waals surface area contributed by atoms with E-state index >= 15 is 0 Å². The molecule has 1 saturated heterocycles. The van der Waals surface area contributed by atoms with Gasteiger partial charge in [0.05, 0.1) is 0 Å². The highest BCUT2D eigenvalue weighted by molar-refractivity contribution is 6.30. The summed E-state index contributed by atoms with van der Waals surface area (Å²) in [4.78, 5) is 2.34. The fraction of sp³-hybridized carbons (Fsp3) is 0.500. The van der Waals surface area contributed by atoms with Gasteiger partial charge < -0.3 is 10.6 Å². The first-order chi connectivity index (χ1) is 7.20. The maximum absolute atomic E-state index is 5.88. The van der Waals surface area contributed by atoms with E-state index in [0.717, 1.165) is 24.7 Å². The van der Waals surface area contributed by atoms with Crippen molar-refractivity contribution in [3.05, 3.63) is 34.9 Å². The lowest BCUT2D eigenvalue weighted by atomic mass is 9.89. The largest absolute Gasteiger partial charge is 0.330 e. The van der Waals surface area contributed by atoms with E-state index in [1.165, 1.54) is 5.56 Å². The minimum atomic E-state index is 0.567. The molecule has 0 radical (unpaired) electrons. The number of rotatable bonds is 2. The van der Waals surface area contributed by atoms with Crippen LogP contribution in [0.1, 0.15) is 11.5 Å². The molecule has 0 saturated carbocycles. The summed E-state index contributed by atoms with van der Waals surface area (Å²) in [5.41, 5.74) is 7.16. The summed E-state index contributed by atoms with van der Waals surface area (Å²) in [6.45, 7) is 2.96. The molecule has 0 unspecified atom stereocenters. The van der Waals surface area contributed by atoms with Crippen LogP contribution in [0, 0.1) is 5.92 Å². The minimum absolute atomic E-state index is 0.567. The minimum Gasteiger partial charge on any atom is -0.330 e. The van der Waals surface area contributed by atoms with Crippen LogP contribution in [0.25, 0.3) is 0 Å². The zero-order valence-corrected chi connectivity index (χ0v) is 9.74. The normalized spacial score (nSPS) is 27.1. The predicted molar refractivity (Wildman–Crippen MR) is 64.2 cm³/mol. The van der Waals surface area contributed by atoms with E-state index < -0.39 is 0 Å². The SMILES string of the molecule is CN1C[C@@H](CN)[C@@H](c2ccc(Cl)cc2)C1. The van der Waals surface area contributed by atoms with Gasteiger partial charge in [0, 0.05) is 24.0 Å². The van der Waals surface area contributed by atoms with Crippen molar-refractivity contribution in [1.29, 1.82) is 0 Å². The summed E-state index contributed by atoms with van der Waals surface area (Å²) >= 11 is 5.88. The standard InChI is InChI=1S/C12H17ClN2/c1-15-7-10(6-14)12(8-15)9-2-4-11(13)5-3-9/h2-5,10,12H,6-8,14H2,1H3/t10-,12-/m1/s1. The average Bonchev–Trinajstić information content (AvgIpc) is 2.61. The summed E-state index contributed by atoms with van der Waals surface area (Å²) in [6, 6.07) is 8.16. The Labute approximate surface area is 96.0 Å². The predicted octanol–water partition coefficient (Wildman–Crippen LogP) is 1.94. The molecule has 1 heterocycles. The van der Waals surface area contributed by atoms with Gasteiger partial charge in [-0.3, -0.25) is 0 Å². The molecule has 2 atom stereocenters. The highest BCUT2D eigenvalue weighted by Crippen LogP contribution is 2.31. The molecule has 1 aromatic rings. The lowest BCUT2D eigenvalue weighted by molar-refractivity contribution is 0.397. The van der Waals surface area contributed by atoms with Gasteiger partial charge >= 0.3 is 0 Å². The first-order valence-corrected chi connectivity index (χ1v) is 5.72. The first-order valence-electron chi connectivity index (χ1n) is 5.35. The van der Waals surface area contributed by atoms with Crippen LogP contribution in [0.3, 0.4) is 0 Å². The zero-order valence-electron chi connectivity index (χ0n) is 8.99. The number of hydrogen-bond acceptors (Lipinski definition) is 2. The first kappa shape index (κ1) is 10.9. The lowest BCUT2D eigenvalue weighted by Gasteiger charge is -2.16. The van der Waals surface area contributed by atoms with E-state index in [0.29, 0.717) is 11.8 Å². The molecular weight excluding hydrogens is 208 g/mol. The Balaban J connectivity index is 2.19. The quantitative estimate of drug-likeness (QED) is 0.832. The molecular formula is C12H17ClN2. The van der Waals surface area contributed by atoms with Crippen molar-refractivity contribution < 1.29 is 0 Å². The van der Waals surface area contributed by atoms with Gasteiger partial charge in [-0.25, -0.2) is 0 Å². The number of likely N-dealkylation sites (tertiary alicyclic amines) is 1. The average molecular weight is 225 g/mol. The van der Waals surface area contributed by atoms with Crippen LogP contribution in [0.2, 0.25) is 5.02 Å². The van der Waals surface area contributed by atoms with Gasteiger partial charge in [0.1, 0.15) is 0 Å². The Bertz CT molecular complexity index is 323. The molecule has 0 amide bonds. The number of benzene rings is 1. The van der Waals surface area contributed by atoms with Crippen LogP contribution < -0.4 is 5.73 Å². The molecule has 0 aromatic heterocycles. The molecule has 1 aliphatic rings. The van der Waals surface area contributed by atoms with Crippen molar-refractivity contribution in [3.63, 3.8) is 0 Å². The van der Waals surface area contributed by atoms with Gasteiger partial charge in [-0.2, -0.15) is 0 Å². The van der Waals surface area contributed by atoms with Crippen molar-refractivity contribution in [3.8, 4) is 0 Å². The molecule has 0 aliphatic carbocycles. The van der Waals surface area contributed by atoms with E-state index in [-0.39, 0.29) is 0 Å². The summed E-state index contributed by atoms with van der Waals surface area (Å²) in [7, 11) is 2.15. The van der Waals surface area contributed by atoms with Crippen LogP contribution >= 0.6 is 11.6 Å². The van der Waals surface area contributed by atoms with Crippen LogP contribution in [0.4, 0.5) is 0 Å². The zero-order chi connectivity index (χ0) is 10.8. The van der Waals surface area contributed by atoms with E-state index in [1.54, 1.807) is 0 Å². The molecule has 2 N–H and O–H groups in total. The van der Waals surface area contributed by atoms with Crippen molar-refractivity contribution >= 4 is 11.6 Å². The topological polar surface area (TPSA) is 29.3 Å². The van der Waals surface area contributed by atoms with E-state index in [4.69, 9.17) is 17.3 Å². The third kappa shape index (κ3) is 2.33. The third-order valence-electron chi connectivity index (χ3n) is 3.22. The summed E-state index contributed by atoms with van der Waals surface area (Å²) in [5, 5.41) is 0.800. The molecule has 0 bridgehead atoms. The second kappa shape index (κ2) is 4.52. The Hall–Kier alpha value is -0.570. The highest BCUT2D eigenvalue weighted by Gasteiger charge is 2.30. The maximum atomic E-state index is 5.88. The van der Waals surface area contributed by atoms with Gasteiger partial charge in [-0.15, -0.1) is 0 Å². The molecule has 15 heavy (non-hydrogen) atoms. The number of nitrogens with zero attached hydrogens (tertiary/aromatic N) is 1. The molecule has 0 spiro atoms. The Morgan fingerprint density at radius 1 is 1.33 bits per heavy atom. The monoisotopic (exact) mass is 224 g/mol. The number of hydrogen-bond donors (Lipinski definition) is 1. The summed E-state index contributed by atoms with van der Waals surface area (Å²) < 4.78 is 0. The van der Waals surface area contributed by atoms with Crippen LogP contribution in [0.5, 0.6) is 0 Å². The maximum Gasteiger partial charge on any atom is 0.0406 e. The van der Waals surface area contributed by atoms with Crippen molar-refractivity contribution in [2.24, 2.45) is 11.7 Å². The Kier molecular flexibility index (Phi) is 3.29. The van der Waals surface area contributed by atoms with E-state index in [9.17, 15) is 0 Å². The molecule has 1 fully saturated rings. The van der Waals surface area contributed by atoms with Crippen molar-refractivity contribution in [2.45, 2.75) is 5.92 Å². The number of likely N-dealkylation sites (N-methyl/N-ethyl adjacent to an activating group) is 1. The molecule has 1 aromatic carbocycles. The summed E-state index contributed by atoms with van der Waals surface area (Å²) in [6.07, 6.45) is 0. The van der Waals surface area contributed by atoms with E-state index in [1.807, 2.05) is 12.1 Å². The van der Waals surface area contributed by atoms with Crippen molar-refractivity contribution in [1.82, 2.24) is 4.90 Å². The second-order valence-corrected chi connectivity index (χ2v) is 4.81. The smallest absolute Gasteiger partial charge is 0.0406 e. The third-order valence-corrected chi connectivity index (χ3v) is 3.48. The fourth-order valence-electron chi connectivity index (χ4n) is 2.41. The molecule has 2 rings (SSSR count). The van der Waals surface area contributed by atoms with Gasteiger partial charge in [0.2, 0.25) is 0 Å².